The highest BCUT2D eigenvalue weighted by molar-refractivity contribution is 5.94. The van der Waals surface area contributed by atoms with Gasteiger partial charge in [0.05, 0.1) is 11.6 Å². The highest BCUT2D eigenvalue weighted by atomic mass is 19.4. The van der Waals surface area contributed by atoms with Crippen molar-refractivity contribution in [2.75, 3.05) is 5.32 Å². The van der Waals surface area contributed by atoms with E-state index in [2.05, 4.69) is 20.6 Å². The molecule has 0 aromatic carbocycles. The molecule has 1 unspecified atom stereocenters. The van der Waals surface area contributed by atoms with Gasteiger partial charge in [0.2, 0.25) is 5.91 Å². The molecular weight excluding hydrogens is 385 g/mol. The summed E-state index contributed by atoms with van der Waals surface area (Å²) in [5.74, 6) is -0.260. The van der Waals surface area contributed by atoms with Crippen LogP contribution in [0.15, 0.2) is 24.4 Å². The van der Waals surface area contributed by atoms with Gasteiger partial charge in [0, 0.05) is 30.9 Å². The number of hydrogen-bond donors (Lipinski definition) is 2. The number of alkyl halides is 3. The van der Waals surface area contributed by atoms with E-state index in [1.807, 2.05) is 0 Å². The van der Waals surface area contributed by atoms with Crippen molar-refractivity contribution < 1.29 is 22.8 Å². The molecule has 0 aliphatic rings. The molecule has 2 aromatic heterocycles. The number of pyridine rings is 2. The molecule has 6 nitrogen and oxygen atoms in total. The molecule has 0 fully saturated rings. The molecule has 2 aromatic rings. The lowest BCUT2D eigenvalue weighted by atomic mass is 10.1. The molecule has 0 aliphatic carbocycles. The number of nitrogens with zero attached hydrogens (tertiary/aromatic N) is 2. The van der Waals surface area contributed by atoms with E-state index in [1.54, 1.807) is 32.9 Å². The third kappa shape index (κ3) is 6.85. The van der Waals surface area contributed by atoms with Gasteiger partial charge in [-0.3, -0.25) is 14.6 Å². The Bertz CT molecular complexity index is 913. The predicted molar refractivity (Wildman–Crippen MR) is 103 cm³/mol. The van der Waals surface area contributed by atoms with E-state index in [0.717, 1.165) is 5.56 Å². The van der Waals surface area contributed by atoms with Crippen LogP contribution in [0.1, 0.15) is 59.2 Å². The predicted octanol–water partition coefficient (Wildman–Crippen LogP) is 4.04. The zero-order valence-electron chi connectivity index (χ0n) is 16.6. The second kappa shape index (κ2) is 9.02. The maximum atomic E-state index is 12.5. The van der Waals surface area contributed by atoms with E-state index >= 15 is 0 Å². The molecule has 2 heterocycles. The van der Waals surface area contributed by atoms with E-state index in [9.17, 15) is 22.8 Å². The van der Waals surface area contributed by atoms with Crippen molar-refractivity contribution in [1.82, 2.24) is 15.3 Å². The second-order valence-corrected chi connectivity index (χ2v) is 6.91. The van der Waals surface area contributed by atoms with Crippen LogP contribution >= 0.6 is 0 Å². The first kappa shape index (κ1) is 22.3. The molecule has 9 heteroatoms. The first-order chi connectivity index (χ1) is 13.4. The summed E-state index contributed by atoms with van der Waals surface area (Å²) in [6.07, 6.45) is -4.16. The van der Waals surface area contributed by atoms with E-state index < -0.39 is 18.5 Å². The standard InChI is InChI=1S/C20H23F3N4O2/c1-11-7-16(10-24-17(11)5-6-20(21,22)23)19(29)26-13(3)15-8-12(2)25-18(9-15)27-14(4)28/h7-10,13H,5-6H2,1-4H3,(H,26,29)(H,25,27,28). The minimum Gasteiger partial charge on any atom is -0.345 e. The van der Waals surface area contributed by atoms with Crippen molar-refractivity contribution in [1.29, 1.82) is 0 Å². The van der Waals surface area contributed by atoms with Crippen LogP contribution in [0.2, 0.25) is 0 Å². The summed E-state index contributed by atoms with van der Waals surface area (Å²) in [5.41, 5.74) is 2.54. The van der Waals surface area contributed by atoms with Crippen LogP contribution in [-0.2, 0) is 11.2 Å². The number of anilines is 1. The summed E-state index contributed by atoms with van der Waals surface area (Å²) < 4.78 is 37.2. The molecule has 0 saturated carbocycles. The van der Waals surface area contributed by atoms with Crippen LogP contribution in [0.4, 0.5) is 19.0 Å². The summed E-state index contributed by atoms with van der Waals surface area (Å²) in [6.45, 7) is 6.56. The van der Waals surface area contributed by atoms with Crippen LogP contribution in [0, 0.1) is 13.8 Å². The van der Waals surface area contributed by atoms with Crippen LogP contribution in [-0.4, -0.2) is 28.0 Å². The molecular formula is C20H23F3N4O2. The molecule has 0 spiro atoms. The summed E-state index contributed by atoms with van der Waals surface area (Å²) in [7, 11) is 0. The number of aryl methyl sites for hydroxylation is 3. The topological polar surface area (TPSA) is 84.0 Å². The van der Waals surface area contributed by atoms with Crippen LogP contribution in [0.25, 0.3) is 0 Å². The third-order valence-corrected chi connectivity index (χ3v) is 4.22. The molecule has 0 saturated heterocycles. The van der Waals surface area contributed by atoms with Gasteiger partial charge in [-0.15, -0.1) is 0 Å². The fourth-order valence-electron chi connectivity index (χ4n) is 2.80. The van der Waals surface area contributed by atoms with Crippen LogP contribution in [0.5, 0.6) is 0 Å². The zero-order chi connectivity index (χ0) is 21.8. The Balaban J connectivity index is 2.10. The Labute approximate surface area is 166 Å². The number of aromatic nitrogens is 2. The van der Waals surface area contributed by atoms with Crippen molar-refractivity contribution in [3.8, 4) is 0 Å². The highest BCUT2D eigenvalue weighted by Crippen LogP contribution is 2.23. The minimum atomic E-state index is -4.25. The average molecular weight is 408 g/mol. The number of hydrogen-bond acceptors (Lipinski definition) is 4. The molecule has 2 amide bonds. The van der Waals surface area contributed by atoms with Crippen LogP contribution in [0.3, 0.4) is 0 Å². The van der Waals surface area contributed by atoms with Gasteiger partial charge in [-0.05, 0) is 56.5 Å². The first-order valence-electron chi connectivity index (χ1n) is 9.04. The Morgan fingerprint density at radius 1 is 1.17 bits per heavy atom. The van der Waals surface area contributed by atoms with Gasteiger partial charge in [0.15, 0.2) is 0 Å². The SMILES string of the molecule is CC(=O)Nc1cc(C(C)NC(=O)c2cnc(CCC(F)(F)F)c(C)c2)cc(C)n1. The number of amides is 2. The van der Waals surface area contributed by atoms with Crippen molar-refractivity contribution in [2.24, 2.45) is 0 Å². The van der Waals surface area contributed by atoms with Gasteiger partial charge in [-0.25, -0.2) is 4.98 Å². The van der Waals surface area contributed by atoms with Gasteiger partial charge < -0.3 is 10.6 Å². The molecule has 0 bridgehead atoms. The van der Waals surface area contributed by atoms with Gasteiger partial charge in [0.25, 0.3) is 5.91 Å². The van der Waals surface area contributed by atoms with E-state index in [0.29, 0.717) is 22.8 Å². The fourth-order valence-corrected chi connectivity index (χ4v) is 2.80. The lowest BCUT2D eigenvalue weighted by Gasteiger charge is -2.16. The minimum absolute atomic E-state index is 0.226. The quantitative estimate of drug-likeness (QED) is 0.756. The monoisotopic (exact) mass is 408 g/mol. The Kier molecular flexibility index (Phi) is 6.94. The number of carbonyl (C=O) groups is 2. The molecule has 0 radical (unpaired) electrons. The molecule has 0 aliphatic heterocycles. The van der Waals surface area contributed by atoms with E-state index in [-0.39, 0.29) is 23.9 Å². The van der Waals surface area contributed by atoms with Gasteiger partial charge in [-0.1, -0.05) is 0 Å². The Morgan fingerprint density at radius 2 is 1.86 bits per heavy atom. The van der Waals surface area contributed by atoms with Crippen molar-refractivity contribution in [2.45, 2.75) is 52.8 Å². The van der Waals surface area contributed by atoms with E-state index in [1.165, 1.54) is 19.2 Å². The Hall–Kier alpha value is -2.97. The average Bonchev–Trinajstić information content (AvgIpc) is 2.58. The summed E-state index contributed by atoms with van der Waals surface area (Å²) in [6, 6.07) is 4.60. The maximum absolute atomic E-state index is 12.5. The highest BCUT2D eigenvalue weighted by Gasteiger charge is 2.27. The molecule has 29 heavy (non-hydrogen) atoms. The smallest absolute Gasteiger partial charge is 0.345 e. The maximum Gasteiger partial charge on any atom is 0.389 e. The van der Waals surface area contributed by atoms with Gasteiger partial charge in [-0.2, -0.15) is 13.2 Å². The fraction of sp³-hybridized carbons (Fsp3) is 0.400. The van der Waals surface area contributed by atoms with Crippen molar-refractivity contribution in [3.63, 3.8) is 0 Å². The number of carbonyl (C=O) groups excluding carboxylic acids is 2. The van der Waals surface area contributed by atoms with Gasteiger partial charge >= 0.3 is 6.18 Å². The Morgan fingerprint density at radius 3 is 2.45 bits per heavy atom. The first-order valence-corrected chi connectivity index (χ1v) is 9.04. The molecule has 2 rings (SSSR count). The summed E-state index contributed by atoms with van der Waals surface area (Å²) >= 11 is 0. The van der Waals surface area contributed by atoms with E-state index in [4.69, 9.17) is 0 Å². The molecule has 2 N–H and O–H groups in total. The second-order valence-electron chi connectivity index (χ2n) is 6.91. The number of nitrogens with one attached hydrogen (secondary N) is 2. The van der Waals surface area contributed by atoms with Crippen molar-refractivity contribution in [3.05, 3.63) is 52.5 Å². The summed E-state index contributed by atoms with van der Waals surface area (Å²) in [4.78, 5) is 32.0. The molecule has 1 atom stereocenters. The number of rotatable bonds is 6. The number of halogens is 3. The van der Waals surface area contributed by atoms with Crippen LogP contribution < -0.4 is 10.6 Å². The summed E-state index contributed by atoms with van der Waals surface area (Å²) in [5, 5.41) is 5.43. The lowest BCUT2D eigenvalue weighted by molar-refractivity contribution is -0.134. The molecule has 156 valence electrons. The lowest BCUT2D eigenvalue weighted by Crippen LogP contribution is -2.27. The third-order valence-electron chi connectivity index (χ3n) is 4.22. The largest absolute Gasteiger partial charge is 0.389 e. The zero-order valence-corrected chi connectivity index (χ0v) is 16.6. The normalized spacial score (nSPS) is 12.4. The van der Waals surface area contributed by atoms with Crippen molar-refractivity contribution >= 4 is 17.6 Å². The van der Waals surface area contributed by atoms with Gasteiger partial charge in [0.1, 0.15) is 5.82 Å².